The quantitative estimate of drug-likeness (QED) is 0.904. The molecule has 0 aromatic heterocycles. The number of aliphatic hydroxyl groups excluding tert-OH is 1. The number of methoxy groups -OCH3 is 1. The number of rotatable bonds is 5. The lowest BCUT2D eigenvalue weighted by Crippen LogP contribution is -2.09. The van der Waals surface area contributed by atoms with E-state index in [0.717, 1.165) is 22.4 Å². The molecule has 2 rings (SSSR count). The molecule has 0 saturated carbocycles. The van der Waals surface area contributed by atoms with Gasteiger partial charge >= 0.3 is 0 Å². The number of aryl methyl sites for hydroxylation is 1. The van der Waals surface area contributed by atoms with Crippen molar-refractivity contribution in [3.8, 4) is 5.75 Å². The number of benzene rings is 2. The summed E-state index contributed by atoms with van der Waals surface area (Å²) in [6.45, 7) is 1.99. The summed E-state index contributed by atoms with van der Waals surface area (Å²) in [6.07, 6.45) is 0.616. The molecule has 0 aliphatic carbocycles. The van der Waals surface area contributed by atoms with Crippen molar-refractivity contribution in [2.75, 3.05) is 13.7 Å². The average molecular weight is 274 g/mol. The summed E-state index contributed by atoms with van der Waals surface area (Å²) in [5.41, 5.74) is 2.96. The number of halogens is 1. The first kappa shape index (κ1) is 14.5. The average Bonchev–Trinajstić information content (AvgIpc) is 2.45. The van der Waals surface area contributed by atoms with Crippen molar-refractivity contribution >= 4 is 0 Å². The maximum atomic E-state index is 13.3. The third-order valence-corrected chi connectivity index (χ3v) is 3.44. The van der Waals surface area contributed by atoms with Crippen molar-refractivity contribution in [1.82, 2.24) is 0 Å². The molecule has 1 N–H and O–H groups in total. The van der Waals surface area contributed by atoms with Gasteiger partial charge in [0.1, 0.15) is 11.6 Å². The zero-order valence-electron chi connectivity index (χ0n) is 11.8. The van der Waals surface area contributed by atoms with Crippen molar-refractivity contribution in [2.24, 2.45) is 0 Å². The fraction of sp³-hybridized carbons (Fsp3) is 0.294. The topological polar surface area (TPSA) is 29.5 Å². The highest BCUT2D eigenvalue weighted by molar-refractivity contribution is 5.38. The number of aliphatic hydroxyl groups is 1. The minimum Gasteiger partial charge on any atom is -0.496 e. The molecular weight excluding hydrogens is 255 g/mol. The van der Waals surface area contributed by atoms with Crippen LogP contribution in [0.2, 0.25) is 0 Å². The fourth-order valence-corrected chi connectivity index (χ4v) is 2.38. The molecule has 0 aliphatic rings. The van der Waals surface area contributed by atoms with E-state index in [4.69, 9.17) is 4.74 Å². The molecule has 0 amide bonds. The van der Waals surface area contributed by atoms with E-state index in [9.17, 15) is 9.50 Å². The molecular formula is C17H19FO2. The van der Waals surface area contributed by atoms with Gasteiger partial charge in [-0.1, -0.05) is 29.8 Å². The zero-order chi connectivity index (χ0) is 14.5. The van der Waals surface area contributed by atoms with Gasteiger partial charge in [0.15, 0.2) is 0 Å². The van der Waals surface area contributed by atoms with Crippen molar-refractivity contribution < 1.29 is 14.2 Å². The Labute approximate surface area is 118 Å². The van der Waals surface area contributed by atoms with E-state index in [0.29, 0.717) is 6.42 Å². The van der Waals surface area contributed by atoms with E-state index < -0.39 is 0 Å². The van der Waals surface area contributed by atoms with Crippen molar-refractivity contribution in [2.45, 2.75) is 19.3 Å². The SMILES string of the molecule is COc1ccc(C)cc1CC(CO)c1cccc(F)c1. The summed E-state index contributed by atoms with van der Waals surface area (Å²) < 4.78 is 18.7. The van der Waals surface area contributed by atoms with Gasteiger partial charge in [-0.2, -0.15) is 0 Å². The molecule has 0 heterocycles. The highest BCUT2D eigenvalue weighted by Gasteiger charge is 2.15. The molecule has 0 fully saturated rings. The lowest BCUT2D eigenvalue weighted by molar-refractivity contribution is 0.263. The van der Waals surface area contributed by atoms with Gasteiger partial charge in [-0.15, -0.1) is 0 Å². The maximum absolute atomic E-state index is 13.3. The molecule has 1 atom stereocenters. The molecule has 0 aliphatic heterocycles. The van der Waals surface area contributed by atoms with Gasteiger partial charge in [0.05, 0.1) is 13.7 Å². The zero-order valence-corrected chi connectivity index (χ0v) is 11.8. The Morgan fingerprint density at radius 1 is 1.20 bits per heavy atom. The Morgan fingerprint density at radius 3 is 2.65 bits per heavy atom. The van der Waals surface area contributed by atoms with E-state index >= 15 is 0 Å². The minimum atomic E-state index is -0.280. The maximum Gasteiger partial charge on any atom is 0.123 e. The van der Waals surface area contributed by atoms with Crippen molar-refractivity contribution in [3.63, 3.8) is 0 Å². The summed E-state index contributed by atoms with van der Waals surface area (Å²) in [4.78, 5) is 0. The van der Waals surface area contributed by atoms with Crippen LogP contribution in [0, 0.1) is 12.7 Å². The molecule has 0 bridgehead atoms. The van der Waals surface area contributed by atoms with Gasteiger partial charge in [0.25, 0.3) is 0 Å². The smallest absolute Gasteiger partial charge is 0.123 e. The van der Waals surface area contributed by atoms with E-state index in [1.54, 1.807) is 13.2 Å². The third-order valence-electron chi connectivity index (χ3n) is 3.44. The fourth-order valence-electron chi connectivity index (χ4n) is 2.38. The van der Waals surface area contributed by atoms with E-state index in [1.807, 2.05) is 31.2 Å². The monoisotopic (exact) mass is 274 g/mol. The van der Waals surface area contributed by atoms with Gasteiger partial charge in [-0.25, -0.2) is 4.39 Å². The predicted molar refractivity (Wildman–Crippen MR) is 77.7 cm³/mol. The highest BCUT2D eigenvalue weighted by Crippen LogP contribution is 2.27. The van der Waals surface area contributed by atoms with Gasteiger partial charge in [0, 0.05) is 5.92 Å². The summed E-state index contributed by atoms with van der Waals surface area (Å²) in [6, 6.07) is 12.3. The van der Waals surface area contributed by atoms with E-state index in [2.05, 4.69) is 0 Å². The summed E-state index contributed by atoms with van der Waals surface area (Å²) >= 11 is 0. The molecule has 0 saturated heterocycles. The standard InChI is InChI=1S/C17H19FO2/c1-12-6-7-17(20-2)14(8-12)9-15(11-19)13-4-3-5-16(18)10-13/h3-8,10,15,19H,9,11H2,1-2H3. The molecule has 2 aromatic rings. The first-order valence-corrected chi connectivity index (χ1v) is 6.64. The van der Waals surface area contributed by atoms with Gasteiger partial charge < -0.3 is 9.84 Å². The second-order valence-corrected chi connectivity index (χ2v) is 4.95. The van der Waals surface area contributed by atoms with Crippen LogP contribution in [0.3, 0.4) is 0 Å². The first-order chi connectivity index (χ1) is 9.63. The van der Waals surface area contributed by atoms with Crippen LogP contribution >= 0.6 is 0 Å². The molecule has 2 aromatic carbocycles. The highest BCUT2D eigenvalue weighted by atomic mass is 19.1. The molecule has 0 radical (unpaired) electrons. The summed E-state index contributed by atoms with van der Waals surface area (Å²) in [5, 5.41) is 9.60. The summed E-state index contributed by atoms with van der Waals surface area (Å²) in [5.74, 6) is 0.379. The minimum absolute atomic E-state index is 0.0272. The van der Waals surface area contributed by atoms with E-state index in [1.165, 1.54) is 12.1 Å². The predicted octanol–water partition coefficient (Wildman–Crippen LogP) is 3.46. The lowest BCUT2D eigenvalue weighted by atomic mass is 9.91. The van der Waals surface area contributed by atoms with E-state index in [-0.39, 0.29) is 18.3 Å². The van der Waals surface area contributed by atoms with Crippen LogP contribution < -0.4 is 4.74 Å². The Balaban J connectivity index is 2.28. The molecule has 2 nitrogen and oxygen atoms in total. The van der Waals surface area contributed by atoms with Crippen molar-refractivity contribution in [1.29, 1.82) is 0 Å². The third kappa shape index (κ3) is 3.36. The van der Waals surface area contributed by atoms with Crippen LogP contribution in [0.4, 0.5) is 4.39 Å². The Kier molecular flexibility index (Phi) is 4.74. The number of hydrogen-bond donors (Lipinski definition) is 1. The molecule has 106 valence electrons. The molecule has 0 spiro atoms. The number of ether oxygens (including phenoxy) is 1. The molecule has 3 heteroatoms. The van der Waals surface area contributed by atoms with Crippen LogP contribution in [-0.2, 0) is 6.42 Å². The van der Waals surface area contributed by atoms with Crippen LogP contribution in [-0.4, -0.2) is 18.8 Å². The van der Waals surface area contributed by atoms with Crippen LogP contribution in [0.25, 0.3) is 0 Å². The van der Waals surface area contributed by atoms with Gasteiger partial charge in [-0.05, 0) is 42.7 Å². The largest absolute Gasteiger partial charge is 0.496 e. The van der Waals surface area contributed by atoms with Crippen LogP contribution in [0.5, 0.6) is 5.75 Å². The second kappa shape index (κ2) is 6.53. The normalized spacial score (nSPS) is 12.2. The Hall–Kier alpha value is -1.87. The van der Waals surface area contributed by atoms with Crippen LogP contribution in [0.15, 0.2) is 42.5 Å². The Morgan fingerprint density at radius 2 is 2.00 bits per heavy atom. The number of hydrogen-bond acceptors (Lipinski definition) is 2. The Bertz CT molecular complexity index is 581. The first-order valence-electron chi connectivity index (χ1n) is 6.64. The molecule has 1 unspecified atom stereocenters. The summed E-state index contributed by atoms with van der Waals surface area (Å²) in [7, 11) is 1.63. The lowest BCUT2D eigenvalue weighted by Gasteiger charge is -2.17. The van der Waals surface area contributed by atoms with Gasteiger partial charge in [0.2, 0.25) is 0 Å². The van der Waals surface area contributed by atoms with Gasteiger partial charge in [-0.3, -0.25) is 0 Å². The molecule has 20 heavy (non-hydrogen) atoms. The van der Waals surface area contributed by atoms with Crippen LogP contribution in [0.1, 0.15) is 22.6 Å². The second-order valence-electron chi connectivity index (χ2n) is 4.95. The van der Waals surface area contributed by atoms with Crippen molar-refractivity contribution in [3.05, 3.63) is 65.0 Å².